The van der Waals surface area contributed by atoms with Gasteiger partial charge in [0, 0.05) is 25.9 Å². The highest BCUT2D eigenvalue weighted by atomic mass is 32.2. The second kappa shape index (κ2) is 7.06. The summed E-state index contributed by atoms with van der Waals surface area (Å²) in [5.74, 6) is -0.605. The number of alkyl halides is 3. The predicted octanol–water partition coefficient (Wildman–Crippen LogP) is 1.60. The standard InChI is InChI=1S/C16H15F3N6O3S/c1-4-20-15(26)8-5-6-10(29(3,27)28)12(21-8)14-22-9-7-11(16(17,18)19)23-24-13(9)25(14)2/h5-7H,4H2,1-3H3,(H,20,26). The SMILES string of the molecule is CCNC(=O)c1ccc(S(C)(=O)=O)c(-c2nc3cc(C(F)(F)F)nnc3n2C)n1. The molecule has 0 aliphatic heterocycles. The van der Waals surface area contributed by atoms with Crippen molar-refractivity contribution in [2.75, 3.05) is 12.8 Å². The summed E-state index contributed by atoms with van der Waals surface area (Å²) < 4.78 is 64.4. The van der Waals surface area contributed by atoms with E-state index in [0.29, 0.717) is 12.6 Å². The van der Waals surface area contributed by atoms with Crippen LogP contribution in [0.15, 0.2) is 23.1 Å². The molecule has 3 rings (SSSR count). The van der Waals surface area contributed by atoms with Gasteiger partial charge in [0.15, 0.2) is 27.0 Å². The Hall–Kier alpha value is -3.09. The third-order valence-corrected chi connectivity index (χ3v) is 5.08. The summed E-state index contributed by atoms with van der Waals surface area (Å²) in [5.41, 5.74) is -1.62. The lowest BCUT2D eigenvalue weighted by Crippen LogP contribution is -2.24. The fourth-order valence-electron chi connectivity index (χ4n) is 2.62. The van der Waals surface area contributed by atoms with Crippen LogP contribution in [-0.2, 0) is 23.1 Å². The van der Waals surface area contributed by atoms with Crippen LogP contribution in [0.1, 0.15) is 23.1 Å². The highest BCUT2D eigenvalue weighted by molar-refractivity contribution is 7.90. The number of pyridine rings is 1. The van der Waals surface area contributed by atoms with Gasteiger partial charge in [0.25, 0.3) is 5.91 Å². The zero-order valence-corrected chi connectivity index (χ0v) is 16.3. The van der Waals surface area contributed by atoms with E-state index in [9.17, 15) is 26.4 Å². The molecule has 0 spiro atoms. The molecule has 29 heavy (non-hydrogen) atoms. The van der Waals surface area contributed by atoms with Gasteiger partial charge in [-0.15, -0.1) is 10.2 Å². The zero-order valence-electron chi connectivity index (χ0n) is 15.4. The maximum absolute atomic E-state index is 12.9. The number of rotatable bonds is 4. The minimum absolute atomic E-state index is 0.00216. The molecule has 1 amide bonds. The first-order valence-electron chi connectivity index (χ1n) is 8.20. The molecule has 0 bridgehead atoms. The number of nitrogens with zero attached hydrogens (tertiary/aromatic N) is 5. The van der Waals surface area contributed by atoms with Crippen LogP contribution in [0, 0.1) is 0 Å². The first-order valence-corrected chi connectivity index (χ1v) is 10.1. The Kier molecular flexibility index (Phi) is 5.03. The number of carbonyl (C=O) groups excluding carboxylic acids is 1. The summed E-state index contributed by atoms with van der Waals surface area (Å²) in [7, 11) is -2.36. The van der Waals surface area contributed by atoms with E-state index in [1.807, 2.05) is 0 Å². The summed E-state index contributed by atoms with van der Waals surface area (Å²) in [6.07, 6.45) is -3.77. The molecular weight excluding hydrogens is 413 g/mol. The third kappa shape index (κ3) is 3.90. The van der Waals surface area contributed by atoms with E-state index in [1.54, 1.807) is 6.92 Å². The lowest BCUT2D eigenvalue weighted by Gasteiger charge is -2.09. The summed E-state index contributed by atoms with van der Waals surface area (Å²) >= 11 is 0. The highest BCUT2D eigenvalue weighted by Gasteiger charge is 2.34. The van der Waals surface area contributed by atoms with Gasteiger partial charge >= 0.3 is 6.18 Å². The Morgan fingerprint density at radius 3 is 2.48 bits per heavy atom. The van der Waals surface area contributed by atoms with Crippen LogP contribution in [0.25, 0.3) is 22.7 Å². The lowest BCUT2D eigenvalue weighted by molar-refractivity contribution is -0.141. The predicted molar refractivity (Wildman–Crippen MR) is 95.7 cm³/mol. The van der Waals surface area contributed by atoms with Crippen molar-refractivity contribution in [2.24, 2.45) is 7.05 Å². The van der Waals surface area contributed by atoms with Gasteiger partial charge in [-0.3, -0.25) is 4.79 Å². The average molecular weight is 428 g/mol. The molecule has 0 radical (unpaired) electrons. The Morgan fingerprint density at radius 2 is 1.90 bits per heavy atom. The van der Waals surface area contributed by atoms with Crippen molar-refractivity contribution in [3.63, 3.8) is 0 Å². The lowest BCUT2D eigenvalue weighted by atomic mass is 10.2. The molecular formula is C16H15F3N6O3S. The van der Waals surface area contributed by atoms with Crippen LogP contribution in [0.3, 0.4) is 0 Å². The Morgan fingerprint density at radius 1 is 1.21 bits per heavy atom. The van der Waals surface area contributed by atoms with Crippen LogP contribution in [-0.4, -0.2) is 51.9 Å². The Balaban J connectivity index is 2.28. The summed E-state index contributed by atoms with van der Waals surface area (Å²) in [4.78, 5) is 20.1. The number of hydrogen-bond acceptors (Lipinski definition) is 7. The number of nitrogens with one attached hydrogen (secondary N) is 1. The molecule has 9 nitrogen and oxygen atoms in total. The van der Waals surface area contributed by atoms with Gasteiger partial charge in [-0.05, 0) is 19.1 Å². The smallest absolute Gasteiger partial charge is 0.351 e. The van der Waals surface area contributed by atoms with Crippen molar-refractivity contribution < 1.29 is 26.4 Å². The van der Waals surface area contributed by atoms with E-state index in [1.165, 1.54) is 23.7 Å². The Labute approximate surface area is 162 Å². The average Bonchev–Trinajstić information content (AvgIpc) is 2.96. The van der Waals surface area contributed by atoms with Gasteiger partial charge in [-0.25, -0.2) is 18.4 Å². The normalized spacial score (nSPS) is 12.3. The second-order valence-corrected chi connectivity index (χ2v) is 8.09. The highest BCUT2D eigenvalue weighted by Crippen LogP contribution is 2.31. The molecule has 0 fully saturated rings. The molecule has 0 saturated carbocycles. The number of aromatic nitrogens is 5. The van der Waals surface area contributed by atoms with Crippen LogP contribution >= 0.6 is 0 Å². The second-order valence-electron chi connectivity index (χ2n) is 6.11. The minimum atomic E-state index is -4.72. The fraction of sp³-hybridized carbons (Fsp3) is 0.312. The first-order chi connectivity index (χ1) is 13.4. The molecule has 154 valence electrons. The number of aryl methyl sites for hydroxylation is 1. The molecule has 3 aromatic rings. The summed E-state index contributed by atoms with van der Waals surface area (Å²) in [6, 6.07) is 3.16. The molecule has 3 heterocycles. The van der Waals surface area contributed by atoms with E-state index in [4.69, 9.17) is 0 Å². The van der Waals surface area contributed by atoms with Crippen molar-refractivity contribution in [2.45, 2.75) is 18.0 Å². The number of fused-ring (bicyclic) bond motifs is 1. The summed E-state index contributed by atoms with van der Waals surface area (Å²) in [5, 5.41) is 9.23. The van der Waals surface area contributed by atoms with Gasteiger partial charge in [-0.1, -0.05) is 0 Å². The van der Waals surface area contributed by atoms with E-state index in [2.05, 4.69) is 25.5 Å². The van der Waals surface area contributed by atoms with Gasteiger partial charge in [0.05, 0.1) is 4.90 Å². The van der Waals surface area contributed by atoms with Crippen LogP contribution in [0.4, 0.5) is 13.2 Å². The monoisotopic (exact) mass is 428 g/mol. The molecule has 0 saturated heterocycles. The van der Waals surface area contributed by atoms with Crippen molar-refractivity contribution in [3.8, 4) is 11.5 Å². The molecule has 0 atom stereocenters. The Bertz CT molecular complexity index is 1220. The van der Waals surface area contributed by atoms with Crippen molar-refractivity contribution in [3.05, 3.63) is 29.6 Å². The number of halogens is 3. The van der Waals surface area contributed by atoms with Gasteiger partial charge in [0.1, 0.15) is 16.9 Å². The third-order valence-electron chi connectivity index (χ3n) is 3.95. The zero-order chi connectivity index (χ0) is 21.6. The molecule has 0 aliphatic carbocycles. The minimum Gasteiger partial charge on any atom is -0.351 e. The number of carbonyl (C=O) groups is 1. The van der Waals surface area contributed by atoms with Gasteiger partial charge < -0.3 is 9.88 Å². The molecule has 1 N–H and O–H groups in total. The van der Waals surface area contributed by atoms with Crippen molar-refractivity contribution in [1.82, 2.24) is 30.0 Å². The maximum atomic E-state index is 12.9. The van der Waals surface area contributed by atoms with Gasteiger partial charge in [0.2, 0.25) is 0 Å². The summed E-state index contributed by atoms with van der Waals surface area (Å²) in [6.45, 7) is 2.03. The molecule has 0 aromatic carbocycles. The largest absolute Gasteiger partial charge is 0.435 e. The van der Waals surface area contributed by atoms with Crippen LogP contribution in [0.5, 0.6) is 0 Å². The number of sulfone groups is 1. The number of hydrogen-bond donors (Lipinski definition) is 1. The van der Waals surface area contributed by atoms with E-state index in [-0.39, 0.29) is 33.3 Å². The molecule has 3 aromatic heterocycles. The van der Waals surface area contributed by atoms with Gasteiger partial charge in [-0.2, -0.15) is 13.2 Å². The fourth-order valence-corrected chi connectivity index (χ4v) is 3.42. The molecule has 0 unspecified atom stereocenters. The van der Waals surface area contributed by atoms with E-state index in [0.717, 1.165) is 6.26 Å². The van der Waals surface area contributed by atoms with Crippen LogP contribution < -0.4 is 5.32 Å². The maximum Gasteiger partial charge on any atom is 0.435 e. The van der Waals surface area contributed by atoms with Crippen LogP contribution in [0.2, 0.25) is 0 Å². The van der Waals surface area contributed by atoms with Crippen molar-refractivity contribution >= 4 is 26.9 Å². The van der Waals surface area contributed by atoms with Crippen molar-refractivity contribution in [1.29, 1.82) is 0 Å². The first kappa shape index (κ1) is 20.6. The van der Waals surface area contributed by atoms with E-state index < -0.39 is 27.6 Å². The molecule has 13 heteroatoms. The molecule has 0 aliphatic rings. The topological polar surface area (TPSA) is 120 Å². The quantitative estimate of drug-likeness (QED) is 0.670. The number of amides is 1. The van der Waals surface area contributed by atoms with E-state index >= 15 is 0 Å². The number of imidazole rings is 1.